The number of rotatable bonds is 3. The summed E-state index contributed by atoms with van der Waals surface area (Å²) < 4.78 is 1.44. The Balaban J connectivity index is 2.54. The third-order valence-electron chi connectivity index (χ3n) is 2.54. The van der Waals surface area contributed by atoms with E-state index in [0.717, 1.165) is 17.7 Å². The van der Waals surface area contributed by atoms with E-state index in [4.69, 9.17) is 5.11 Å². The van der Waals surface area contributed by atoms with Crippen molar-refractivity contribution in [3.63, 3.8) is 0 Å². The number of carboxylic acid groups (broad SMARTS) is 1. The van der Waals surface area contributed by atoms with E-state index in [1.807, 2.05) is 25.1 Å². The fraction of sp³-hybridized carbons (Fsp3) is 0.154. The van der Waals surface area contributed by atoms with Crippen LogP contribution in [0, 0.1) is 0 Å². The van der Waals surface area contributed by atoms with Crippen molar-refractivity contribution in [2.75, 3.05) is 0 Å². The van der Waals surface area contributed by atoms with Crippen LogP contribution in [0.15, 0.2) is 36.4 Å². The molecule has 0 atom stereocenters. The van der Waals surface area contributed by atoms with Gasteiger partial charge < -0.3 is 5.11 Å². The summed E-state index contributed by atoms with van der Waals surface area (Å²) in [5, 5.41) is 8.54. The van der Waals surface area contributed by atoms with E-state index < -0.39 is 11.9 Å². The number of fused-ring (bicyclic) bond motifs is 1. The summed E-state index contributed by atoms with van der Waals surface area (Å²) in [6.07, 6.45) is 2.47. The van der Waals surface area contributed by atoms with Crippen molar-refractivity contribution in [3.8, 4) is 0 Å². The smallest absolute Gasteiger partial charge is 0.328 e. The largest absolute Gasteiger partial charge is 0.478 e. The van der Waals surface area contributed by atoms with Crippen LogP contribution in [0.25, 0.3) is 11.0 Å². The molecule has 2 rings (SSSR count). The molecule has 1 aromatic carbocycles. The number of carbonyl (C=O) groups excluding carboxylic acids is 1. The Morgan fingerprint density at radius 1 is 1.33 bits per heavy atom. The molecule has 92 valence electrons. The van der Waals surface area contributed by atoms with Gasteiger partial charge >= 0.3 is 5.97 Å². The molecule has 2 aromatic rings. The lowest BCUT2D eigenvalue weighted by atomic mass is 10.3. The second-order valence-corrected chi connectivity index (χ2v) is 3.72. The normalized spacial score (nSPS) is 11.2. The maximum atomic E-state index is 12.0. The Labute approximate surface area is 103 Å². The third-order valence-corrected chi connectivity index (χ3v) is 2.54. The molecule has 5 heteroatoms. The maximum absolute atomic E-state index is 12.0. The van der Waals surface area contributed by atoms with Crippen LogP contribution < -0.4 is 0 Å². The average Bonchev–Trinajstić information content (AvgIpc) is 2.74. The SMILES string of the molecule is CCc1nc2ccccc2n1C(=O)C=CC(=O)O. The molecule has 0 aliphatic carbocycles. The van der Waals surface area contributed by atoms with Gasteiger partial charge in [-0.15, -0.1) is 0 Å². The molecule has 0 radical (unpaired) electrons. The number of aromatic nitrogens is 2. The van der Waals surface area contributed by atoms with E-state index in [2.05, 4.69) is 4.98 Å². The molecule has 1 N–H and O–H groups in total. The van der Waals surface area contributed by atoms with E-state index in [1.165, 1.54) is 4.57 Å². The fourth-order valence-electron chi connectivity index (χ4n) is 1.78. The minimum Gasteiger partial charge on any atom is -0.478 e. The van der Waals surface area contributed by atoms with Gasteiger partial charge in [-0.1, -0.05) is 19.1 Å². The second-order valence-electron chi connectivity index (χ2n) is 3.72. The Kier molecular flexibility index (Phi) is 3.23. The topological polar surface area (TPSA) is 72.2 Å². The minimum atomic E-state index is -1.15. The van der Waals surface area contributed by atoms with Crippen molar-refractivity contribution in [1.29, 1.82) is 0 Å². The van der Waals surface area contributed by atoms with Gasteiger partial charge in [0.05, 0.1) is 11.0 Å². The third kappa shape index (κ3) is 2.15. The zero-order valence-electron chi connectivity index (χ0n) is 9.83. The van der Waals surface area contributed by atoms with Gasteiger partial charge in [-0.3, -0.25) is 9.36 Å². The van der Waals surface area contributed by atoms with E-state index >= 15 is 0 Å². The summed E-state index contributed by atoms with van der Waals surface area (Å²) in [7, 11) is 0. The highest BCUT2D eigenvalue weighted by atomic mass is 16.4. The quantitative estimate of drug-likeness (QED) is 0.837. The molecule has 5 nitrogen and oxygen atoms in total. The molecule has 0 bridgehead atoms. The van der Waals surface area contributed by atoms with Crippen LogP contribution in [0.1, 0.15) is 17.5 Å². The van der Waals surface area contributed by atoms with E-state index in [1.54, 1.807) is 6.07 Å². The number of benzene rings is 1. The highest BCUT2D eigenvalue weighted by Crippen LogP contribution is 2.16. The first-order valence-corrected chi connectivity index (χ1v) is 5.55. The predicted molar refractivity (Wildman–Crippen MR) is 66.5 cm³/mol. The number of para-hydroxylation sites is 2. The number of carboxylic acids is 1. The van der Waals surface area contributed by atoms with Gasteiger partial charge in [0.2, 0.25) is 0 Å². The Morgan fingerprint density at radius 3 is 2.72 bits per heavy atom. The molecule has 0 spiro atoms. The zero-order valence-corrected chi connectivity index (χ0v) is 9.83. The average molecular weight is 244 g/mol. The summed E-state index contributed by atoms with van der Waals surface area (Å²) in [5.41, 5.74) is 1.42. The van der Waals surface area contributed by atoms with E-state index in [-0.39, 0.29) is 0 Å². The van der Waals surface area contributed by atoms with Crippen LogP contribution in [-0.4, -0.2) is 26.5 Å². The first-order valence-electron chi connectivity index (χ1n) is 5.55. The summed E-state index contributed by atoms with van der Waals surface area (Å²) in [6.45, 7) is 1.89. The van der Waals surface area contributed by atoms with Crippen LogP contribution >= 0.6 is 0 Å². The van der Waals surface area contributed by atoms with Gasteiger partial charge in [0, 0.05) is 18.6 Å². The molecule has 0 saturated carbocycles. The molecule has 0 saturated heterocycles. The molecule has 1 heterocycles. The van der Waals surface area contributed by atoms with Crippen molar-refractivity contribution < 1.29 is 14.7 Å². The van der Waals surface area contributed by atoms with Crippen LogP contribution in [0.5, 0.6) is 0 Å². The molecular formula is C13H12N2O3. The Bertz CT molecular complexity index is 641. The summed E-state index contributed by atoms with van der Waals surface area (Å²) >= 11 is 0. The first kappa shape index (κ1) is 12.0. The van der Waals surface area contributed by atoms with Crippen LogP contribution in [0.3, 0.4) is 0 Å². The van der Waals surface area contributed by atoms with Gasteiger partial charge in [0.15, 0.2) is 0 Å². The number of hydrogen-bond donors (Lipinski definition) is 1. The lowest BCUT2D eigenvalue weighted by molar-refractivity contribution is -0.131. The Morgan fingerprint density at radius 2 is 2.06 bits per heavy atom. The number of allylic oxidation sites excluding steroid dienone is 1. The number of hydrogen-bond acceptors (Lipinski definition) is 3. The van der Waals surface area contributed by atoms with Crippen LogP contribution in [-0.2, 0) is 11.2 Å². The number of aryl methyl sites for hydroxylation is 1. The van der Waals surface area contributed by atoms with Crippen LogP contribution in [0.2, 0.25) is 0 Å². The van der Waals surface area contributed by atoms with Gasteiger partial charge in [-0.25, -0.2) is 9.78 Å². The highest BCUT2D eigenvalue weighted by Gasteiger charge is 2.13. The number of aliphatic carboxylic acids is 1. The van der Waals surface area contributed by atoms with Crippen molar-refractivity contribution in [2.45, 2.75) is 13.3 Å². The molecule has 1 aromatic heterocycles. The monoisotopic (exact) mass is 244 g/mol. The molecule has 18 heavy (non-hydrogen) atoms. The minimum absolute atomic E-state index is 0.400. The lowest BCUT2D eigenvalue weighted by Gasteiger charge is -2.02. The van der Waals surface area contributed by atoms with Gasteiger partial charge in [0.25, 0.3) is 5.91 Å². The van der Waals surface area contributed by atoms with Crippen molar-refractivity contribution in [2.24, 2.45) is 0 Å². The number of nitrogens with zero attached hydrogens (tertiary/aromatic N) is 2. The molecule has 0 fully saturated rings. The number of carbonyl (C=O) groups is 2. The molecular weight excluding hydrogens is 232 g/mol. The highest BCUT2D eigenvalue weighted by molar-refractivity contribution is 6.00. The summed E-state index contributed by atoms with van der Waals surface area (Å²) in [6, 6.07) is 7.26. The molecule has 0 unspecified atom stereocenters. The van der Waals surface area contributed by atoms with Crippen LogP contribution in [0.4, 0.5) is 0 Å². The number of imidazole rings is 1. The van der Waals surface area contributed by atoms with E-state index in [0.29, 0.717) is 17.8 Å². The van der Waals surface area contributed by atoms with E-state index in [9.17, 15) is 9.59 Å². The zero-order chi connectivity index (χ0) is 13.1. The summed E-state index contributed by atoms with van der Waals surface area (Å²) in [5.74, 6) is -0.926. The molecule has 0 aliphatic heterocycles. The maximum Gasteiger partial charge on any atom is 0.328 e. The van der Waals surface area contributed by atoms with Gasteiger partial charge in [0.1, 0.15) is 5.82 Å². The molecule has 0 aliphatic rings. The Hall–Kier alpha value is -2.43. The predicted octanol–water partition coefficient (Wildman–Crippen LogP) is 1.88. The van der Waals surface area contributed by atoms with Crippen molar-refractivity contribution in [3.05, 3.63) is 42.2 Å². The fourth-order valence-corrected chi connectivity index (χ4v) is 1.78. The van der Waals surface area contributed by atoms with Crippen molar-refractivity contribution in [1.82, 2.24) is 9.55 Å². The van der Waals surface area contributed by atoms with Gasteiger partial charge in [-0.2, -0.15) is 0 Å². The lowest BCUT2D eigenvalue weighted by Crippen LogP contribution is -2.11. The van der Waals surface area contributed by atoms with Crippen molar-refractivity contribution >= 4 is 22.9 Å². The standard InChI is InChI=1S/C13H12N2O3/c1-2-11-14-9-5-3-4-6-10(9)15(11)12(16)7-8-13(17)18/h3-8H,2H2,1H3,(H,17,18). The van der Waals surface area contributed by atoms with Gasteiger partial charge in [-0.05, 0) is 12.1 Å². The summed E-state index contributed by atoms with van der Waals surface area (Å²) in [4.78, 5) is 26.7. The molecule has 0 amide bonds. The first-order chi connectivity index (χ1) is 8.63. The second kappa shape index (κ2) is 4.83.